The highest BCUT2D eigenvalue weighted by atomic mass is 19.4. The molecule has 4 rings (SSSR count). The van der Waals surface area contributed by atoms with Crippen molar-refractivity contribution in [2.75, 3.05) is 11.5 Å². The zero-order valence-electron chi connectivity index (χ0n) is 18.4. The second kappa shape index (κ2) is 9.41. The first-order valence-corrected chi connectivity index (χ1v) is 10.6. The van der Waals surface area contributed by atoms with Crippen LogP contribution in [-0.2, 0) is 0 Å². The van der Waals surface area contributed by atoms with Crippen LogP contribution in [0.2, 0.25) is 0 Å². The summed E-state index contributed by atoms with van der Waals surface area (Å²) in [7, 11) is 0. The van der Waals surface area contributed by atoms with Gasteiger partial charge in [-0.25, -0.2) is 0 Å². The lowest BCUT2D eigenvalue weighted by molar-refractivity contribution is -0.153. The summed E-state index contributed by atoms with van der Waals surface area (Å²) < 4.78 is 43.9. The minimum atomic E-state index is -4.42. The summed E-state index contributed by atoms with van der Waals surface area (Å²) in [4.78, 5) is 1.92. The van der Waals surface area contributed by atoms with Gasteiger partial charge in [0.25, 0.3) is 0 Å². The molecule has 0 bridgehead atoms. The van der Waals surface area contributed by atoms with Crippen molar-refractivity contribution in [3.05, 3.63) is 108 Å². The smallest absolute Gasteiger partial charge is 0.422 e. The summed E-state index contributed by atoms with van der Waals surface area (Å²) in [6, 6.07) is 30.8. The number of aryl methyl sites for hydroxylation is 2. The van der Waals surface area contributed by atoms with Crippen LogP contribution >= 0.6 is 0 Å². The molecule has 2 nitrogen and oxygen atoms in total. The van der Waals surface area contributed by atoms with Crippen molar-refractivity contribution in [2.45, 2.75) is 20.0 Å². The number of hydrogen-bond acceptors (Lipinski definition) is 2. The van der Waals surface area contributed by atoms with E-state index in [0.717, 1.165) is 33.6 Å². The predicted octanol–water partition coefficient (Wildman–Crippen LogP) is 8.38. The van der Waals surface area contributed by atoms with E-state index in [9.17, 15) is 13.2 Å². The molecule has 0 unspecified atom stereocenters. The summed E-state index contributed by atoms with van der Waals surface area (Å²) in [6.45, 7) is 2.69. The third-order valence-corrected chi connectivity index (χ3v) is 5.48. The third-order valence-electron chi connectivity index (χ3n) is 5.48. The first-order valence-electron chi connectivity index (χ1n) is 10.6. The maximum Gasteiger partial charge on any atom is 0.422 e. The van der Waals surface area contributed by atoms with Crippen molar-refractivity contribution in [3.63, 3.8) is 0 Å². The molecule has 0 aromatic heterocycles. The lowest BCUT2D eigenvalue weighted by Gasteiger charge is -2.28. The molecule has 0 radical (unpaired) electrons. The Morgan fingerprint density at radius 3 is 1.94 bits per heavy atom. The van der Waals surface area contributed by atoms with Crippen LogP contribution in [0.4, 0.5) is 30.2 Å². The Morgan fingerprint density at radius 2 is 1.27 bits per heavy atom. The molecule has 0 aliphatic heterocycles. The average molecular weight is 448 g/mol. The molecule has 4 aromatic carbocycles. The van der Waals surface area contributed by atoms with Crippen molar-refractivity contribution in [2.24, 2.45) is 0 Å². The van der Waals surface area contributed by atoms with Gasteiger partial charge < -0.3 is 9.64 Å². The minimum absolute atomic E-state index is 0.167. The van der Waals surface area contributed by atoms with Gasteiger partial charge in [-0.2, -0.15) is 13.2 Å². The van der Waals surface area contributed by atoms with Gasteiger partial charge in [-0.1, -0.05) is 60.7 Å². The molecule has 0 atom stereocenters. The molecule has 0 spiro atoms. The fraction of sp³-hybridized carbons (Fsp3) is 0.143. The van der Waals surface area contributed by atoms with E-state index < -0.39 is 12.8 Å². The van der Waals surface area contributed by atoms with Crippen molar-refractivity contribution >= 4 is 17.1 Å². The molecule has 168 valence electrons. The number of alkyl halides is 3. The molecule has 0 fully saturated rings. The molecule has 0 saturated heterocycles. The monoisotopic (exact) mass is 447 g/mol. The quantitative estimate of drug-likeness (QED) is 0.294. The van der Waals surface area contributed by atoms with Crippen LogP contribution in [0.5, 0.6) is 5.75 Å². The number of rotatable bonds is 6. The van der Waals surface area contributed by atoms with Crippen molar-refractivity contribution in [1.29, 1.82) is 0 Å². The van der Waals surface area contributed by atoms with Gasteiger partial charge in [0.15, 0.2) is 6.61 Å². The third kappa shape index (κ3) is 5.37. The predicted molar refractivity (Wildman–Crippen MR) is 128 cm³/mol. The van der Waals surface area contributed by atoms with Gasteiger partial charge in [0.1, 0.15) is 5.75 Å². The number of benzene rings is 4. The van der Waals surface area contributed by atoms with E-state index in [1.807, 2.05) is 91.5 Å². The van der Waals surface area contributed by atoms with E-state index in [2.05, 4.69) is 0 Å². The van der Waals surface area contributed by atoms with Gasteiger partial charge in [-0.3, -0.25) is 0 Å². The fourth-order valence-electron chi connectivity index (χ4n) is 3.65. The van der Waals surface area contributed by atoms with Crippen LogP contribution in [0.15, 0.2) is 97.1 Å². The summed E-state index contributed by atoms with van der Waals surface area (Å²) in [5.41, 5.74) is 6.58. The zero-order valence-corrected chi connectivity index (χ0v) is 18.4. The Morgan fingerprint density at radius 1 is 0.667 bits per heavy atom. The van der Waals surface area contributed by atoms with Crippen molar-refractivity contribution in [1.82, 2.24) is 0 Å². The van der Waals surface area contributed by atoms with E-state index in [0.29, 0.717) is 5.69 Å². The van der Waals surface area contributed by atoms with Crippen LogP contribution in [0.1, 0.15) is 11.1 Å². The summed E-state index contributed by atoms with van der Waals surface area (Å²) >= 11 is 0. The maximum absolute atomic E-state index is 12.9. The normalized spacial score (nSPS) is 11.3. The van der Waals surface area contributed by atoms with Gasteiger partial charge in [0.05, 0.1) is 5.69 Å². The Balaban J connectivity index is 1.80. The molecule has 0 heterocycles. The first kappa shape index (κ1) is 22.5. The molecule has 0 aliphatic rings. The van der Waals surface area contributed by atoms with Crippen LogP contribution in [0.3, 0.4) is 0 Å². The van der Waals surface area contributed by atoms with Gasteiger partial charge in [-0.15, -0.1) is 0 Å². The van der Waals surface area contributed by atoms with Crippen LogP contribution < -0.4 is 9.64 Å². The minimum Gasteiger partial charge on any atom is -0.482 e. The summed E-state index contributed by atoms with van der Waals surface area (Å²) in [6.07, 6.45) is -4.42. The lowest BCUT2D eigenvalue weighted by atomic mass is 10.0. The average Bonchev–Trinajstić information content (AvgIpc) is 2.81. The Labute approximate surface area is 191 Å². The molecular weight excluding hydrogens is 423 g/mol. The molecule has 33 heavy (non-hydrogen) atoms. The number of ether oxygens (including phenoxy) is 1. The number of anilines is 3. The van der Waals surface area contributed by atoms with E-state index in [4.69, 9.17) is 4.74 Å². The van der Waals surface area contributed by atoms with Gasteiger partial charge in [-0.05, 0) is 72.5 Å². The zero-order chi connectivity index (χ0) is 23.4. The molecule has 0 saturated carbocycles. The van der Waals surface area contributed by atoms with Gasteiger partial charge >= 0.3 is 6.18 Å². The topological polar surface area (TPSA) is 12.5 Å². The molecule has 5 heteroatoms. The highest BCUT2D eigenvalue weighted by molar-refractivity contribution is 5.81. The SMILES string of the molecule is Cc1ccc(N(c2ccc(-c3ccccc3)cc2)c2ccccc2OCC(F)(F)F)cc1C. The second-order valence-corrected chi connectivity index (χ2v) is 7.89. The van der Waals surface area contributed by atoms with Gasteiger partial charge in [0, 0.05) is 11.4 Å². The number of hydrogen-bond donors (Lipinski definition) is 0. The molecule has 0 aliphatic carbocycles. The van der Waals surface area contributed by atoms with Crippen molar-refractivity contribution in [3.8, 4) is 16.9 Å². The van der Waals surface area contributed by atoms with E-state index >= 15 is 0 Å². The Bertz CT molecular complexity index is 1220. The highest BCUT2D eigenvalue weighted by Gasteiger charge is 2.29. The molecule has 0 amide bonds. The summed E-state index contributed by atoms with van der Waals surface area (Å²) in [5.74, 6) is 0.167. The maximum atomic E-state index is 12.9. The second-order valence-electron chi connectivity index (χ2n) is 7.89. The number of halogens is 3. The Kier molecular flexibility index (Phi) is 6.40. The fourth-order valence-corrected chi connectivity index (χ4v) is 3.65. The van der Waals surface area contributed by atoms with E-state index in [-0.39, 0.29) is 5.75 Å². The van der Waals surface area contributed by atoms with Crippen molar-refractivity contribution < 1.29 is 17.9 Å². The standard InChI is InChI=1S/C28H24F3NO/c1-20-12-15-25(18-21(20)2)32(26-10-6-7-11-27(26)33-19-28(29,30)31)24-16-13-23(14-17-24)22-8-4-3-5-9-22/h3-18H,19H2,1-2H3. The van der Waals surface area contributed by atoms with Crippen LogP contribution in [0.25, 0.3) is 11.1 Å². The van der Waals surface area contributed by atoms with Crippen LogP contribution in [0, 0.1) is 13.8 Å². The van der Waals surface area contributed by atoms with Crippen LogP contribution in [-0.4, -0.2) is 12.8 Å². The molecule has 4 aromatic rings. The number of nitrogens with zero attached hydrogens (tertiary/aromatic N) is 1. The highest BCUT2D eigenvalue weighted by Crippen LogP contribution is 2.41. The lowest BCUT2D eigenvalue weighted by Crippen LogP contribution is -2.20. The molecular formula is C28H24F3NO. The summed E-state index contributed by atoms with van der Waals surface area (Å²) in [5, 5.41) is 0. The van der Waals surface area contributed by atoms with Gasteiger partial charge in [0.2, 0.25) is 0 Å². The number of para-hydroxylation sites is 2. The van der Waals surface area contributed by atoms with E-state index in [1.54, 1.807) is 24.3 Å². The van der Waals surface area contributed by atoms with E-state index in [1.165, 1.54) is 0 Å². The largest absolute Gasteiger partial charge is 0.482 e. The molecule has 0 N–H and O–H groups in total. The Hall–Kier alpha value is -3.73. The first-order chi connectivity index (χ1) is 15.8.